The number of benzene rings is 1. The third-order valence-electron chi connectivity index (χ3n) is 2.92. The Labute approximate surface area is 120 Å². The normalized spacial score (nSPS) is 10.2. The van der Waals surface area contributed by atoms with Crippen LogP contribution in [0.1, 0.15) is 25.0 Å². The Morgan fingerprint density at radius 3 is 2.75 bits per heavy atom. The molecule has 0 aliphatic carbocycles. The zero-order valence-electron chi connectivity index (χ0n) is 12.3. The molecule has 5 heteroatoms. The first-order valence-electron chi connectivity index (χ1n) is 6.68. The van der Waals surface area contributed by atoms with E-state index in [0.29, 0.717) is 24.6 Å². The van der Waals surface area contributed by atoms with Crippen molar-refractivity contribution in [3.63, 3.8) is 0 Å². The molecule has 0 unspecified atom stereocenters. The van der Waals surface area contributed by atoms with Gasteiger partial charge in [0.1, 0.15) is 6.07 Å². The Kier molecular flexibility index (Phi) is 6.01. The molecule has 1 amide bonds. The summed E-state index contributed by atoms with van der Waals surface area (Å²) in [6, 6.07) is 7.61. The highest BCUT2D eigenvalue weighted by Gasteiger charge is 2.11. The van der Waals surface area contributed by atoms with Crippen molar-refractivity contribution in [3.8, 4) is 6.07 Å². The van der Waals surface area contributed by atoms with Crippen molar-refractivity contribution >= 4 is 11.6 Å². The highest BCUT2D eigenvalue weighted by atomic mass is 16.2. The molecule has 0 saturated carbocycles. The summed E-state index contributed by atoms with van der Waals surface area (Å²) in [5.41, 5.74) is 7.74. The van der Waals surface area contributed by atoms with E-state index in [1.54, 1.807) is 18.0 Å². The molecule has 0 fully saturated rings. The molecule has 1 rings (SSSR count). The lowest BCUT2D eigenvalue weighted by molar-refractivity contribution is -0.119. The van der Waals surface area contributed by atoms with Gasteiger partial charge in [0.25, 0.3) is 0 Å². The van der Waals surface area contributed by atoms with E-state index >= 15 is 0 Å². The van der Waals surface area contributed by atoms with E-state index in [1.807, 2.05) is 26.0 Å². The molecule has 1 aromatic rings. The highest BCUT2D eigenvalue weighted by Crippen LogP contribution is 2.20. The Morgan fingerprint density at radius 1 is 1.50 bits per heavy atom. The first-order chi connectivity index (χ1) is 9.47. The van der Waals surface area contributed by atoms with Crippen LogP contribution in [-0.2, 0) is 11.3 Å². The number of nitrogens with zero attached hydrogens (tertiary/aromatic N) is 2. The summed E-state index contributed by atoms with van der Waals surface area (Å²) in [6.07, 6.45) is 0. The Bertz CT molecular complexity index is 505. The number of rotatable bonds is 6. The predicted molar refractivity (Wildman–Crippen MR) is 80.2 cm³/mol. The number of carbonyl (C=O) groups is 1. The number of nitrogens with two attached hydrogens (primary N) is 1. The number of carbonyl (C=O) groups excluding carboxylic acids is 1. The van der Waals surface area contributed by atoms with Crippen LogP contribution in [0.5, 0.6) is 0 Å². The van der Waals surface area contributed by atoms with Crippen molar-refractivity contribution in [1.82, 2.24) is 5.32 Å². The fourth-order valence-electron chi connectivity index (χ4n) is 1.81. The maximum Gasteiger partial charge on any atom is 0.239 e. The summed E-state index contributed by atoms with van der Waals surface area (Å²) in [7, 11) is 1.80. The van der Waals surface area contributed by atoms with Crippen LogP contribution in [0, 0.1) is 17.2 Å². The number of hydrogen-bond acceptors (Lipinski definition) is 4. The fourth-order valence-corrected chi connectivity index (χ4v) is 1.81. The lowest BCUT2D eigenvalue weighted by Crippen LogP contribution is -2.37. The van der Waals surface area contributed by atoms with Crippen molar-refractivity contribution in [2.24, 2.45) is 11.7 Å². The van der Waals surface area contributed by atoms with Crippen molar-refractivity contribution in [2.75, 3.05) is 25.0 Å². The van der Waals surface area contributed by atoms with E-state index in [9.17, 15) is 10.1 Å². The van der Waals surface area contributed by atoms with Gasteiger partial charge in [0.15, 0.2) is 0 Å². The Balaban J connectivity index is 2.75. The highest BCUT2D eigenvalue weighted by molar-refractivity contribution is 5.81. The molecule has 0 spiro atoms. The van der Waals surface area contributed by atoms with Crippen LogP contribution in [0.4, 0.5) is 5.69 Å². The molecule has 0 aliphatic rings. The molecule has 20 heavy (non-hydrogen) atoms. The number of nitriles is 1. The molecule has 3 N–H and O–H groups in total. The smallest absolute Gasteiger partial charge is 0.239 e. The van der Waals surface area contributed by atoms with Gasteiger partial charge in [0.2, 0.25) is 5.91 Å². The minimum absolute atomic E-state index is 0.0482. The zero-order chi connectivity index (χ0) is 15.1. The minimum atomic E-state index is -0.0482. The lowest BCUT2D eigenvalue weighted by atomic mass is 10.1. The van der Waals surface area contributed by atoms with Crippen LogP contribution in [0.3, 0.4) is 0 Å². The third kappa shape index (κ3) is 4.56. The van der Waals surface area contributed by atoms with Gasteiger partial charge in [-0.1, -0.05) is 19.9 Å². The third-order valence-corrected chi connectivity index (χ3v) is 2.92. The first kappa shape index (κ1) is 16.0. The van der Waals surface area contributed by atoms with Crippen LogP contribution < -0.4 is 16.0 Å². The summed E-state index contributed by atoms with van der Waals surface area (Å²) in [5.74, 6) is 0.371. The topological polar surface area (TPSA) is 82.2 Å². The van der Waals surface area contributed by atoms with Crippen molar-refractivity contribution in [2.45, 2.75) is 20.4 Å². The van der Waals surface area contributed by atoms with Crippen LogP contribution in [0.2, 0.25) is 0 Å². The molecular formula is C15H22N4O. The summed E-state index contributed by atoms with van der Waals surface area (Å²) in [6.45, 7) is 5.37. The molecule has 0 saturated heterocycles. The Morgan fingerprint density at radius 2 is 2.20 bits per heavy atom. The van der Waals surface area contributed by atoms with Gasteiger partial charge in [-0.25, -0.2) is 0 Å². The summed E-state index contributed by atoms with van der Waals surface area (Å²) in [5, 5.41) is 12.0. The van der Waals surface area contributed by atoms with Crippen molar-refractivity contribution in [1.29, 1.82) is 5.26 Å². The van der Waals surface area contributed by atoms with E-state index in [-0.39, 0.29) is 12.5 Å². The minimum Gasteiger partial charge on any atom is -0.364 e. The van der Waals surface area contributed by atoms with Gasteiger partial charge in [-0.15, -0.1) is 0 Å². The molecule has 0 heterocycles. The summed E-state index contributed by atoms with van der Waals surface area (Å²) >= 11 is 0. The number of likely N-dealkylation sites (N-methyl/N-ethyl adjacent to an activating group) is 1. The quantitative estimate of drug-likeness (QED) is 0.817. The van der Waals surface area contributed by atoms with E-state index in [0.717, 1.165) is 11.3 Å². The van der Waals surface area contributed by atoms with E-state index in [2.05, 4.69) is 11.4 Å². The van der Waals surface area contributed by atoms with Gasteiger partial charge in [-0.3, -0.25) is 4.79 Å². The molecule has 0 radical (unpaired) electrons. The van der Waals surface area contributed by atoms with Crippen LogP contribution in [-0.4, -0.2) is 26.0 Å². The van der Waals surface area contributed by atoms with Gasteiger partial charge in [-0.2, -0.15) is 5.26 Å². The van der Waals surface area contributed by atoms with E-state index in [4.69, 9.17) is 5.73 Å². The number of amides is 1. The fraction of sp³-hybridized carbons (Fsp3) is 0.467. The van der Waals surface area contributed by atoms with Crippen molar-refractivity contribution < 1.29 is 4.79 Å². The molecule has 5 nitrogen and oxygen atoms in total. The molecule has 0 aliphatic heterocycles. The van der Waals surface area contributed by atoms with E-state index < -0.39 is 0 Å². The first-order valence-corrected chi connectivity index (χ1v) is 6.68. The summed E-state index contributed by atoms with van der Waals surface area (Å²) in [4.78, 5) is 13.6. The molecule has 0 bridgehead atoms. The zero-order valence-corrected chi connectivity index (χ0v) is 12.3. The van der Waals surface area contributed by atoms with Gasteiger partial charge in [0, 0.05) is 20.1 Å². The lowest BCUT2D eigenvalue weighted by Gasteiger charge is -2.20. The van der Waals surface area contributed by atoms with Crippen molar-refractivity contribution in [3.05, 3.63) is 29.3 Å². The second kappa shape index (κ2) is 7.51. The number of nitrogens with one attached hydrogen (secondary N) is 1. The van der Waals surface area contributed by atoms with E-state index in [1.165, 1.54) is 0 Å². The maximum absolute atomic E-state index is 11.8. The maximum atomic E-state index is 11.8. The monoisotopic (exact) mass is 274 g/mol. The number of hydrogen-bond donors (Lipinski definition) is 2. The predicted octanol–water partition coefficient (Wildman–Crippen LogP) is 1.23. The van der Waals surface area contributed by atoms with Gasteiger partial charge in [-0.05, 0) is 23.6 Å². The molecule has 0 atom stereocenters. The van der Waals surface area contributed by atoms with Crippen LogP contribution in [0.25, 0.3) is 0 Å². The second-order valence-electron chi connectivity index (χ2n) is 5.22. The molecule has 108 valence electrons. The standard InChI is InChI=1S/C15H22N4O/c1-11(2)9-18-15(20)10-19(3)14-5-4-12(7-16)6-13(14)8-17/h4-6,11H,7,9-10,16H2,1-3H3,(H,18,20). The summed E-state index contributed by atoms with van der Waals surface area (Å²) < 4.78 is 0. The number of anilines is 1. The Hall–Kier alpha value is -2.06. The molecule has 0 aromatic heterocycles. The SMILES string of the molecule is CC(C)CNC(=O)CN(C)c1ccc(CN)cc1C#N. The van der Waals surface area contributed by atoms with Crippen LogP contribution in [0.15, 0.2) is 18.2 Å². The van der Waals surface area contributed by atoms with Crippen LogP contribution >= 0.6 is 0 Å². The van der Waals surface area contributed by atoms with Gasteiger partial charge >= 0.3 is 0 Å². The average Bonchev–Trinajstić information content (AvgIpc) is 2.44. The average molecular weight is 274 g/mol. The van der Waals surface area contributed by atoms with Gasteiger partial charge < -0.3 is 16.0 Å². The molecule has 1 aromatic carbocycles. The molecular weight excluding hydrogens is 252 g/mol. The van der Waals surface area contributed by atoms with Gasteiger partial charge in [0.05, 0.1) is 17.8 Å². The largest absolute Gasteiger partial charge is 0.364 e. The second-order valence-corrected chi connectivity index (χ2v) is 5.22.